The predicted octanol–water partition coefficient (Wildman–Crippen LogP) is 3.93. The number of aromatic nitrogens is 1. The summed E-state index contributed by atoms with van der Waals surface area (Å²) >= 11 is 8.70. The van der Waals surface area contributed by atoms with Gasteiger partial charge in [0, 0.05) is 18.6 Å². The molecule has 0 radical (unpaired) electrons. The van der Waals surface area contributed by atoms with Crippen molar-refractivity contribution < 1.29 is 13.2 Å². The number of hydrogen-bond acceptors (Lipinski definition) is 5. The molecule has 1 unspecified atom stereocenters. The fourth-order valence-corrected chi connectivity index (χ4v) is 7.96. The largest absolute Gasteiger partial charge is 0.319 e. The van der Waals surface area contributed by atoms with Gasteiger partial charge in [0.1, 0.15) is 10.3 Å². The van der Waals surface area contributed by atoms with Gasteiger partial charge in [-0.25, -0.2) is 8.42 Å². The normalized spacial score (nSPS) is 19.1. The van der Waals surface area contributed by atoms with Gasteiger partial charge < -0.3 is 4.57 Å². The van der Waals surface area contributed by atoms with Crippen molar-refractivity contribution in [3.8, 4) is 0 Å². The Kier molecular flexibility index (Phi) is 5.69. The number of amides is 1. The van der Waals surface area contributed by atoms with E-state index in [1.807, 2.05) is 30.7 Å². The third kappa shape index (κ3) is 3.82. The van der Waals surface area contributed by atoms with E-state index < -0.39 is 22.0 Å². The van der Waals surface area contributed by atoms with Gasteiger partial charge in [-0.2, -0.15) is 9.30 Å². The lowest BCUT2D eigenvalue weighted by atomic mass is 10.0. The van der Waals surface area contributed by atoms with Crippen LogP contribution in [0.1, 0.15) is 24.8 Å². The molecule has 0 saturated carbocycles. The average molecular weight is 470 g/mol. The fraction of sp³-hybridized carbons (Fsp3) is 0.368. The molecule has 1 aromatic carbocycles. The maximum atomic E-state index is 13.1. The van der Waals surface area contributed by atoms with E-state index in [2.05, 4.69) is 4.99 Å². The molecule has 6 nitrogen and oxygen atoms in total. The van der Waals surface area contributed by atoms with Gasteiger partial charge in [-0.15, -0.1) is 11.3 Å². The number of carbonyl (C=O) groups is 1. The van der Waals surface area contributed by atoms with Crippen molar-refractivity contribution in [1.82, 2.24) is 8.87 Å². The van der Waals surface area contributed by atoms with E-state index in [0.29, 0.717) is 22.8 Å². The number of hydrogen-bond donors (Lipinski definition) is 0. The molecule has 154 valence electrons. The van der Waals surface area contributed by atoms with Crippen molar-refractivity contribution >= 4 is 60.4 Å². The molecule has 0 bridgehead atoms. The molecule has 1 amide bonds. The Morgan fingerprint density at radius 3 is 2.83 bits per heavy atom. The molecule has 0 aliphatic carbocycles. The van der Waals surface area contributed by atoms with Crippen LogP contribution in [0, 0.1) is 6.92 Å². The molecule has 1 aliphatic rings. The van der Waals surface area contributed by atoms with Crippen molar-refractivity contribution in [2.75, 3.05) is 6.54 Å². The van der Waals surface area contributed by atoms with Gasteiger partial charge in [0.15, 0.2) is 4.80 Å². The summed E-state index contributed by atoms with van der Waals surface area (Å²) in [4.78, 5) is 17.9. The molecule has 29 heavy (non-hydrogen) atoms. The summed E-state index contributed by atoms with van der Waals surface area (Å²) in [5.74, 6) is -0.421. The topological polar surface area (TPSA) is 71.7 Å². The summed E-state index contributed by atoms with van der Waals surface area (Å²) in [5, 5.41) is 2.36. The number of benzene rings is 1. The Morgan fingerprint density at radius 2 is 2.10 bits per heavy atom. The van der Waals surface area contributed by atoms with Crippen LogP contribution < -0.4 is 4.80 Å². The van der Waals surface area contributed by atoms with Crippen molar-refractivity contribution in [3.05, 3.63) is 45.0 Å². The highest BCUT2D eigenvalue weighted by atomic mass is 35.5. The number of rotatable bonds is 3. The molecule has 0 N–H and O–H groups in total. The summed E-state index contributed by atoms with van der Waals surface area (Å²) in [6.07, 6.45) is 2.02. The second-order valence-corrected chi connectivity index (χ2v) is 11.5. The number of aryl methyl sites for hydroxylation is 2. The lowest BCUT2D eigenvalue weighted by molar-refractivity contribution is -0.122. The van der Waals surface area contributed by atoms with Gasteiger partial charge in [-0.05, 0) is 48.9 Å². The summed E-state index contributed by atoms with van der Waals surface area (Å²) in [6, 6.07) is 6.23. The highest BCUT2D eigenvalue weighted by Crippen LogP contribution is 2.29. The SMILES string of the molecule is Cc1cc(Cl)cc2sc(=NC(=O)C3CCCCN3S(=O)(=O)c3cccs3)n(C)c12. The maximum Gasteiger partial charge on any atom is 0.266 e. The zero-order chi connectivity index (χ0) is 20.8. The molecule has 4 rings (SSSR count). The Hall–Kier alpha value is -1.52. The van der Waals surface area contributed by atoms with E-state index in [4.69, 9.17) is 11.6 Å². The fourth-order valence-electron chi connectivity index (χ4n) is 3.71. The van der Waals surface area contributed by atoms with E-state index in [1.165, 1.54) is 15.6 Å². The van der Waals surface area contributed by atoms with Gasteiger partial charge in [0.05, 0.1) is 10.2 Å². The first-order valence-electron chi connectivity index (χ1n) is 9.18. The van der Waals surface area contributed by atoms with Crippen molar-refractivity contribution in [3.63, 3.8) is 0 Å². The predicted molar refractivity (Wildman–Crippen MR) is 117 cm³/mol. The summed E-state index contributed by atoms with van der Waals surface area (Å²) in [7, 11) is -1.85. The Labute approximate surface area is 182 Å². The second kappa shape index (κ2) is 7.96. The molecule has 3 aromatic rings. The third-order valence-electron chi connectivity index (χ3n) is 5.06. The number of nitrogens with zero attached hydrogens (tertiary/aromatic N) is 3. The van der Waals surface area contributed by atoms with E-state index in [9.17, 15) is 13.2 Å². The number of halogens is 1. The molecule has 3 heterocycles. The summed E-state index contributed by atoms with van der Waals surface area (Å²) in [6.45, 7) is 2.29. The maximum absolute atomic E-state index is 13.1. The average Bonchev–Trinajstić information content (AvgIpc) is 3.31. The standard InChI is InChI=1S/C19H20ClN3O3S3/c1-12-10-13(20)11-15-17(12)22(2)19(28-15)21-18(24)14-6-3-4-8-23(14)29(25,26)16-7-5-9-27-16/h5,7,9-11,14H,3-4,6,8H2,1-2H3. The van der Waals surface area contributed by atoms with Crippen molar-refractivity contribution in [2.45, 2.75) is 36.4 Å². The molecular weight excluding hydrogens is 450 g/mol. The van der Waals surface area contributed by atoms with Gasteiger partial charge in [0.2, 0.25) is 0 Å². The zero-order valence-electron chi connectivity index (χ0n) is 16.0. The Bertz CT molecular complexity index is 1240. The highest BCUT2D eigenvalue weighted by Gasteiger charge is 2.38. The Balaban J connectivity index is 1.74. The van der Waals surface area contributed by atoms with Crippen LogP contribution in [0.25, 0.3) is 10.2 Å². The van der Waals surface area contributed by atoms with E-state index >= 15 is 0 Å². The Morgan fingerprint density at radius 1 is 1.31 bits per heavy atom. The van der Waals surface area contributed by atoms with Crippen LogP contribution in [-0.2, 0) is 21.9 Å². The first kappa shape index (κ1) is 20.7. The molecule has 1 atom stereocenters. The number of thiophene rings is 1. The van der Waals surface area contributed by atoms with Crippen LogP contribution in [0.5, 0.6) is 0 Å². The number of fused-ring (bicyclic) bond motifs is 1. The molecule has 2 aromatic heterocycles. The van der Waals surface area contributed by atoms with E-state index in [0.717, 1.165) is 40.0 Å². The monoisotopic (exact) mass is 469 g/mol. The number of carbonyl (C=O) groups excluding carboxylic acids is 1. The van der Waals surface area contributed by atoms with E-state index in [-0.39, 0.29) is 4.21 Å². The smallest absolute Gasteiger partial charge is 0.266 e. The summed E-state index contributed by atoms with van der Waals surface area (Å²) < 4.78 is 30.4. The van der Waals surface area contributed by atoms with Crippen molar-refractivity contribution in [1.29, 1.82) is 0 Å². The van der Waals surface area contributed by atoms with Gasteiger partial charge in [0.25, 0.3) is 15.9 Å². The lowest BCUT2D eigenvalue weighted by Crippen LogP contribution is -2.47. The first-order valence-corrected chi connectivity index (χ1v) is 12.7. The van der Waals surface area contributed by atoms with Gasteiger partial charge in [-0.1, -0.05) is 35.4 Å². The van der Waals surface area contributed by atoms with Gasteiger partial charge in [-0.3, -0.25) is 4.79 Å². The van der Waals surface area contributed by atoms with Crippen LogP contribution in [0.3, 0.4) is 0 Å². The summed E-state index contributed by atoms with van der Waals surface area (Å²) in [5.41, 5.74) is 1.97. The molecule has 1 saturated heterocycles. The van der Waals surface area contributed by atoms with E-state index in [1.54, 1.807) is 17.5 Å². The first-order chi connectivity index (χ1) is 13.8. The molecular formula is C19H20ClN3O3S3. The van der Waals surface area contributed by atoms with Crippen LogP contribution >= 0.6 is 34.3 Å². The number of thiazole rings is 1. The lowest BCUT2D eigenvalue weighted by Gasteiger charge is -2.31. The van der Waals surface area contributed by atoms with Crippen LogP contribution in [-0.4, -0.2) is 35.8 Å². The second-order valence-electron chi connectivity index (χ2n) is 7.02. The van der Waals surface area contributed by atoms with Crippen LogP contribution in [0.4, 0.5) is 0 Å². The number of piperidine rings is 1. The molecule has 10 heteroatoms. The van der Waals surface area contributed by atoms with Crippen molar-refractivity contribution in [2.24, 2.45) is 12.0 Å². The van der Waals surface area contributed by atoms with Crippen LogP contribution in [0.2, 0.25) is 5.02 Å². The quantitative estimate of drug-likeness (QED) is 0.583. The zero-order valence-corrected chi connectivity index (χ0v) is 19.2. The molecule has 1 aliphatic heterocycles. The van der Waals surface area contributed by atoms with Gasteiger partial charge >= 0.3 is 0 Å². The minimum Gasteiger partial charge on any atom is -0.319 e. The van der Waals surface area contributed by atoms with Crippen LogP contribution in [0.15, 0.2) is 38.8 Å². The third-order valence-corrected chi connectivity index (χ3v) is 9.63. The minimum atomic E-state index is -3.70. The molecule has 0 spiro atoms. The highest BCUT2D eigenvalue weighted by molar-refractivity contribution is 7.91. The molecule has 1 fully saturated rings. The number of sulfonamides is 1. The minimum absolute atomic E-state index is 0.259.